The van der Waals surface area contributed by atoms with Crippen LogP contribution in [0, 0.1) is 5.92 Å². The maximum absolute atomic E-state index is 9.56. The van der Waals surface area contributed by atoms with Gasteiger partial charge in [0.2, 0.25) is 0 Å². The third-order valence-electron chi connectivity index (χ3n) is 0.881. The van der Waals surface area contributed by atoms with Crippen molar-refractivity contribution in [1.82, 2.24) is 0 Å². The summed E-state index contributed by atoms with van der Waals surface area (Å²) in [5.74, 6) is 0.620. The van der Waals surface area contributed by atoms with E-state index in [9.17, 15) is 4.79 Å². The zero-order valence-electron chi connectivity index (χ0n) is 6.80. The fourth-order valence-corrected chi connectivity index (χ4v) is 0.352. The third kappa shape index (κ3) is 15.7. The largest absolute Gasteiger partial charge is 0.468 e. The molecular formula is C8H16O2. The minimum Gasteiger partial charge on any atom is -0.468 e. The minimum absolute atomic E-state index is 0.488. The fraction of sp³-hybridized carbons (Fsp3) is 0.625. The van der Waals surface area contributed by atoms with Gasteiger partial charge < -0.3 is 4.74 Å². The number of hydrogen-bond donors (Lipinski definition) is 0. The van der Waals surface area contributed by atoms with Gasteiger partial charge >= 0.3 is 0 Å². The quantitative estimate of drug-likeness (QED) is 0.343. The topological polar surface area (TPSA) is 26.3 Å². The van der Waals surface area contributed by atoms with Crippen LogP contribution in [0.1, 0.15) is 20.3 Å². The Morgan fingerprint density at radius 1 is 1.50 bits per heavy atom. The zero-order chi connectivity index (χ0) is 8.41. The van der Waals surface area contributed by atoms with E-state index in [0.29, 0.717) is 19.0 Å². The van der Waals surface area contributed by atoms with Crippen LogP contribution in [0.2, 0.25) is 0 Å². The predicted molar refractivity (Wildman–Crippen MR) is 42.7 cm³/mol. The molecule has 0 heterocycles. The molecule has 0 rings (SSSR count). The third-order valence-corrected chi connectivity index (χ3v) is 0.881. The molecule has 0 radical (unpaired) electrons. The Morgan fingerprint density at radius 3 is 2.30 bits per heavy atom. The number of hydrogen-bond acceptors (Lipinski definition) is 2. The first kappa shape index (κ1) is 11.9. The summed E-state index contributed by atoms with van der Waals surface area (Å²) in [5.41, 5.74) is 0. The molecule has 0 aromatic heterocycles. The van der Waals surface area contributed by atoms with Crippen molar-refractivity contribution in [3.63, 3.8) is 0 Å². The maximum Gasteiger partial charge on any atom is 0.293 e. The number of carbonyl (C=O) groups is 1. The van der Waals surface area contributed by atoms with E-state index >= 15 is 0 Å². The monoisotopic (exact) mass is 144 g/mol. The summed E-state index contributed by atoms with van der Waals surface area (Å²) in [5, 5.41) is 0. The molecule has 10 heavy (non-hydrogen) atoms. The van der Waals surface area contributed by atoms with Gasteiger partial charge in [-0.05, 0) is 12.3 Å². The molecular weight excluding hydrogens is 128 g/mol. The highest BCUT2D eigenvalue weighted by Gasteiger charge is 1.90. The smallest absolute Gasteiger partial charge is 0.293 e. The van der Waals surface area contributed by atoms with Crippen LogP contribution in [0.4, 0.5) is 0 Å². The van der Waals surface area contributed by atoms with Gasteiger partial charge in [-0.15, -0.1) is 13.2 Å². The standard InChI is InChI=1S/C6H12O2.C2H4/c1-6(2)3-4-8-5-7;1-2/h5-6H,3-4H2,1-2H3;1-2H2. The molecule has 0 saturated carbocycles. The Morgan fingerprint density at radius 2 is 2.00 bits per heavy atom. The average Bonchev–Trinajstić information content (AvgIpc) is 1.92. The first-order chi connectivity index (χ1) is 4.77. The van der Waals surface area contributed by atoms with Crippen molar-refractivity contribution in [1.29, 1.82) is 0 Å². The molecule has 0 saturated heterocycles. The summed E-state index contributed by atoms with van der Waals surface area (Å²) in [6.07, 6.45) is 0.957. The van der Waals surface area contributed by atoms with Crippen LogP contribution in [-0.2, 0) is 9.53 Å². The van der Waals surface area contributed by atoms with E-state index in [4.69, 9.17) is 0 Å². The second kappa shape index (κ2) is 11.1. The summed E-state index contributed by atoms with van der Waals surface area (Å²) in [7, 11) is 0. The Balaban J connectivity index is 0. The molecule has 60 valence electrons. The molecule has 0 unspecified atom stereocenters. The van der Waals surface area contributed by atoms with E-state index < -0.39 is 0 Å². The van der Waals surface area contributed by atoms with Gasteiger partial charge in [0.1, 0.15) is 0 Å². The Labute approximate surface area is 62.9 Å². The highest BCUT2D eigenvalue weighted by molar-refractivity contribution is 5.36. The van der Waals surface area contributed by atoms with Gasteiger partial charge in [0.25, 0.3) is 6.47 Å². The van der Waals surface area contributed by atoms with E-state index in [0.717, 1.165) is 6.42 Å². The number of carbonyl (C=O) groups excluding carboxylic acids is 1. The average molecular weight is 144 g/mol. The van der Waals surface area contributed by atoms with Crippen molar-refractivity contribution >= 4 is 6.47 Å². The van der Waals surface area contributed by atoms with Crippen molar-refractivity contribution in [2.75, 3.05) is 6.61 Å². The van der Waals surface area contributed by atoms with Crippen molar-refractivity contribution in [2.45, 2.75) is 20.3 Å². The molecule has 0 aliphatic rings. The highest BCUT2D eigenvalue weighted by Crippen LogP contribution is 1.97. The fourth-order valence-electron chi connectivity index (χ4n) is 0.352. The highest BCUT2D eigenvalue weighted by atomic mass is 16.5. The van der Waals surface area contributed by atoms with Crippen LogP contribution in [0.5, 0.6) is 0 Å². The van der Waals surface area contributed by atoms with Gasteiger partial charge in [-0.3, -0.25) is 4.79 Å². The van der Waals surface area contributed by atoms with Crippen LogP contribution >= 0.6 is 0 Å². The van der Waals surface area contributed by atoms with Crippen molar-refractivity contribution in [3.8, 4) is 0 Å². The molecule has 0 bridgehead atoms. The van der Waals surface area contributed by atoms with Crippen LogP contribution < -0.4 is 0 Å². The lowest BCUT2D eigenvalue weighted by atomic mass is 10.1. The second-order valence-electron chi connectivity index (χ2n) is 2.15. The number of rotatable bonds is 4. The van der Waals surface area contributed by atoms with Crippen LogP contribution in [0.15, 0.2) is 13.2 Å². The molecule has 0 aliphatic carbocycles. The molecule has 0 aromatic carbocycles. The van der Waals surface area contributed by atoms with E-state index in [2.05, 4.69) is 31.7 Å². The Kier molecular flexibility index (Phi) is 13.2. The van der Waals surface area contributed by atoms with Crippen LogP contribution in [0.3, 0.4) is 0 Å². The summed E-state index contributed by atoms with van der Waals surface area (Å²) < 4.78 is 4.46. The maximum atomic E-state index is 9.56. The van der Waals surface area contributed by atoms with Crippen molar-refractivity contribution < 1.29 is 9.53 Å². The minimum atomic E-state index is 0.488. The summed E-state index contributed by atoms with van der Waals surface area (Å²) >= 11 is 0. The van der Waals surface area contributed by atoms with E-state index in [-0.39, 0.29) is 0 Å². The lowest BCUT2D eigenvalue weighted by molar-refractivity contribution is -0.128. The molecule has 0 aromatic rings. The summed E-state index contributed by atoms with van der Waals surface area (Å²) in [6, 6.07) is 0. The van der Waals surface area contributed by atoms with Gasteiger partial charge in [-0.25, -0.2) is 0 Å². The van der Waals surface area contributed by atoms with Gasteiger partial charge in [0.15, 0.2) is 0 Å². The molecule has 0 fully saturated rings. The van der Waals surface area contributed by atoms with E-state index in [1.165, 1.54) is 0 Å². The van der Waals surface area contributed by atoms with Crippen LogP contribution in [0.25, 0.3) is 0 Å². The van der Waals surface area contributed by atoms with Gasteiger partial charge in [-0.2, -0.15) is 0 Å². The first-order valence-corrected chi connectivity index (χ1v) is 3.32. The molecule has 2 nitrogen and oxygen atoms in total. The lowest BCUT2D eigenvalue weighted by Crippen LogP contribution is -1.96. The SMILES string of the molecule is C=C.CC(C)CCOC=O. The molecule has 0 amide bonds. The van der Waals surface area contributed by atoms with Gasteiger partial charge in [0.05, 0.1) is 6.61 Å². The zero-order valence-corrected chi connectivity index (χ0v) is 6.80. The van der Waals surface area contributed by atoms with Crippen molar-refractivity contribution in [2.24, 2.45) is 5.92 Å². The molecule has 0 N–H and O–H groups in total. The van der Waals surface area contributed by atoms with Crippen molar-refractivity contribution in [3.05, 3.63) is 13.2 Å². The van der Waals surface area contributed by atoms with Gasteiger partial charge in [0, 0.05) is 0 Å². The van der Waals surface area contributed by atoms with E-state index in [1.807, 2.05) is 0 Å². The lowest BCUT2D eigenvalue weighted by Gasteiger charge is -2.00. The summed E-state index contributed by atoms with van der Waals surface area (Å²) in [6.45, 7) is 11.2. The predicted octanol–water partition coefficient (Wildman–Crippen LogP) is 2.01. The normalized spacial score (nSPS) is 7.90. The second-order valence-corrected chi connectivity index (χ2v) is 2.15. The van der Waals surface area contributed by atoms with Crippen LogP contribution in [-0.4, -0.2) is 13.1 Å². The first-order valence-electron chi connectivity index (χ1n) is 3.32. The van der Waals surface area contributed by atoms with E-state index in [1.54, 1.807) is 0 Å². The molecule has 0 aliphatic heterocycles. The van der Waals surface area contributed by atoms with Gasteiger partial charge in [-0.1, -0.05) is 13.8 Å². The molecule has 0 atom stereocenters. The Bertz CT molecular complexity index is 69.7. The molecule has 2 heteroatoms. The summed E-state index contributed by atoms with van der Waals surface area (Å²) in [4.78, 5) is 9.56. The number of ether oxygens (including phenoxy) is 1. The Hall–Kier alpha value is -0.790. The molecule has 0 spiro atoms.